The predicted molar refractivity (Wildman–Crippen MR) is 91.9 cm³/mol. The molecule has 0 aromatic carbocycles. The van der Waals surface area contributed by atoms with Crippen molar-refractivity contribution in [3.05, 3.63) is 23.7 Å². The maximum Gasteiger partial charge on any atom is 0.351 e. The molecule has 2 bridgehead atoms. The lowest BCUT2D eigenvalue weighted by Crippen LogP contribution is -2.70. The van der Waals surface area contributed by atoms with Gasteiger partial charge in [0.05, 0.1) is 0 Å². The van der Waals surface area contributed by atoms with E-state index >= 15 is 0 Å². The summed E-state index contributed by atoms with van der Waals surface area (Å²) < 4.78 is 16.6. The zero-order valence-corrected chi connectivity index (χ0v) is 15.7. The molecule has 0 aromatic heterocycles. The highest BCUT2D eigenvalue weighted by atomic mass is 16.6. The number of rotatable bonds is 1. The molecule has 0 radical (unpaired) electrons. The van der Waals surface area contributed by atoms with Crippen LogP contribution in [-0.4, -0.2) is 40.6 Å². The van der Waals surface area contributed by atoms with Crippen LogP contribution in [-0.2, 0) is 28.6 Å². The van der Waals surface area contributed by atoms with Crippen molar-refractivity contribution in [3.8, 4) is 0 Å². The molecule has 2 fully saturated rings. The third-order valence-electron chi connectivity index (χ3n) is 7.04. The summed E-state index contributed by atoms with van der Waals surface area (Å²) in [6.07, 6.45) is 0.891. The molecule has 27 heavy (non-hydrogen) atoms. The fourth-order valence-electron chi connectivity index (χ4n) is 5.59. The van der Waals surface area contributed by atoms with E-state index in [0.29, 0.717) is 12.8 Å². The number of esters is 2. The molecule has 7 heteroatoms. The van der Waals surface area contributed by atoms with Crippen molar-refractivity contribution in [1.29, 1.82) is 0 Å². The standard InChI is InChI=1S/C20H24O7/c1-9-14-17(26-11(3)21)20(24)8-6-5-7-12(20)19(9,4)16(22)13-15(27-14)10(2)25-18(13)23/h9,12,14,17,24H,2,5-8H2,1,3-4H3/t9-,12+,14+,17-,19-,20+/m1/s1. The Labute approximate surface area is 157 Å². The van der Waals surface area contributed by atoms with E-state index in [1.165, 1.54) is 6.92 Å². The minimum Gasteiger partial charge on any atom is -0.481 e. The van der Waals surface area contributed by atoms with Crippen LogP contribution < -0.4 is 0 Å². The van der Waals surface area contributed by atoms with Gasteiger partial charge in [0, 0.05) is 24.2 Å². The first-order valence-electron chi connectivity index (χ1n) is 9.39. The van der Waals surface area contributed by atoms with Crippen LogP contribution in [0, 0.1) is 17.3 Å². The van der Waals surface area contributed by atoms with E-state index in [9.17, 15) is 19.5 Å². The number of hydrogen-bond acceptors (Lipinski definition) is 7. The number of carbonyl (C=O) groups excluding carboxylic acids is 3. The van der Waals surface area contributed by atoms with Crippen LogP contribution in [0.15, 0.2) is 23.7 Å². The zero-order valence-electron chi connectivity index (χ0n) is 15.7. The number of hydrogen-bond donors (Lipinski definition) is 1. The maximum atomic E-state index is 13.6. The molecular weight excluding hydrogens is 352 g/mol. The van der Waals surface area contributed by atoms with E-state index in [-0.39, 0.29) is 28.8 Å². The number of fused-ring (bicyclic) bond motifs is 4. The van der Waals surface area contributed by atoms with E-state index in [0.717, 1.165) is 12.8 Å². The Morgan fingerprint density at radius 2 is 2.04 bits per heavy atom. The fourth-order valence-corrected chi connectivity index (χ4v) is 5.59. The van der Waals surface area contributed by atoms with Crippen molar-refractivity contribution in [2.24, 2.45) is 17.3 Å². The highest BCUT2D eigenvalue weighted by molar-refractivity contribution is 6.22. The number of aliphatic hydroxyl groups is 1. The Hall–Kier alpha value is -2.15. The molecule has 2 aliphatic carbocycles. The van der Waals surface area contributed by atoms with Crippen molar-refractivity contribution in [2.45, 2.75) is 64.3 Å². The predicted octanol–water partition coefficient (Wildman–Crippen LogP) is 1.79. The SMILES string of the molecule is C=C1OC(=O)C2=C1O[C@@H]1[C@@H](OC(C)=O)[C@]3(O)CCCC[C@H]3[C@](C)(C2=O)[C@@H]1C. The van der Waals surface area contributed by atoms with Gasteiger partial charge in [-0.15, -0.1) is 0 Å². The summed E-state index contributed by atoms with van der Waals surface area (Å²) in [6.45, 7) is 8.59. The third-order valence-corrected chi connectivity index (χ3v) is 7.04. The van der Waals surface area contributed by atoms with Gasteiger partial charge in [0.25, 0.3) is 0 Å². The molecule has 0 saturated heterocycles. The van der Waals surface area contributed by atoms with Gasteiger partial charge in [-0.1, -0.05) is 33.3 Å². The first-order valence-corrected chi connectivity index (χ1v) is 9.39. The highest BCUT2D eigenvalue weighted by Gasteiger charge is 2.70. The van der Waals surface area contributed by atoms with E-state index in [1.807, 2.05) is 6.92 Å². The summed E-state index contributed by atoms with van der Waals surface area (Å²) in [7, 11) is 0. The number of carbonyl (C=O) groups is 3. The summed E-state index contributed by atoms with van der Waals surface area (Å²) in [5, 5.41) is 11.7. The fraction of sp³-hybridized carbons (Fsp3) is 0.650. The molecule has 2 saturated carbocycles. The third kappa shape index (κ3) is 2.21. The summed E-state index contributed by atoms with van der Waals surface area (Å²) in [6, 6.07) is 0. The van der Waals surface area contributed by atoms with Crippen LogP contribution in [0.25, 0.3) is 0 Å². The molecular formula is C20H24O7. The molecule has 2 aliphatic heterocycles. The summed E-state index contributed by atoms with van der Waals surface area (Å²) in [5.74, 6) is -2.55. The number of ketones is 1. The molecule has 1 N–H and O–H groups in total. The molecule has 0 aromatic rings. The minimum absolute atomic E-state index is 0.00461. The summed E-state index contributed by atoms with van der Waals surface area (Å²) in [5.41, 5.74) is -2.58. The van der Waals surface area contributed by atoms with E-state index in [1.54, 1.807) is 6.92 Å². The first kappa shape index (κ1) is 18.2. The van der Waals surface area contributed by atoms with Crippen molar-refractivity contribution in [3.63, 3.8) is 0 Å². The Morgan fingerprint density at radius 3 is 2.70 bits per heavy atom. The molecule has 2 heterocycles. The first-order chi connectivity index (χ1) is 12.6. The van der Waals surface area contributed by atoms with E-state index in [2.05, 4.69) is 6.58 Å². The van der Waals surface area contributed by atoms with Crippen molar-refractivity contribution in [1.82, 2.24) is 0 Å². The second-order valence-corrected chi connectivity index (χ2v) is 8.32. The van der Waals surface area contributed by atoms with E-state index in [4.69, 9.17) is 14.2 Å². The van der Waals surface area contributed by atoms with Gasteiger partial charge >= 0.3 is 11.9 Å². The summed E-state index contributed by atoms with van der Waals surface area (Å²) in [4.78, 5) is 37.7. The maximum absolute atomic E-state index is 13.6. The number of cyclic esters (lactones) is 1. The Bertz CT molecular complexity index is 796. The van der Waals surface area contributed by atoms with Gasteiger partial charge < -0.3 is 19.3 Å². The molecule has 7 nitrogen and oxygen atoms in total. The minimum atomic E-state index is -1.39. The zero-order chi connectivity index (χ0) is 19.7. The van der Waals surface area contributed by atoms with Crippen LogP contribution in [0.5, 0.6) is 0 Å². The van der Waals surface area contributed by atoms with Crippen LogP contribution in [0.1, 0.15) is 46.5 Å². The van der Waals surface area contributed by atoms with Crippen LogP contribution in [0.2, 0.25) is 0 Å². The van der Waals surface area contributed by atoms with Gasteiger partial charge in [-0.3, -0.25) is 9.59 Å². The lowest BCUT2D eigenvalue weighted by molar-refractivity contribution is -0.255. The molecule has 0 spiro atoms. The molecule has 4 rings (SSSR count). The monoisotopic (exact) mass is 376 g/mol. The van der Waals surface area contributed by atoms with E-state index < -0.39 is 41.1 Å². The smallest absolute Gasteiger partial charge is 0.351 e. The molecule has 6 atom stereocenters. The van der Waals surface area contributed by atoms with Crippen LogP contribution in [0.4, 0.5) is 0 Å². The molecule has 0 amide bonds. The quantitative estimate of drug-likeness (QED) is 0.550. The average Bonchev–Trinajstić information content (AvgIpc) is 2.84. The van der Waals surface area contributed by atoms with Crippen LogP contribution >= 0.6 is 0 Å². The Balaban J connectivity index is 1.94. The summed E-state index contributed by atoms with van der Waals surface area (Å²) >= 11 is 0. The van der Waals surface area contributed by atoms with Crippen molar-refractivity contribution < 1.29 is 33.7 Å². The second kappa shape index (κ2) is 5.67. The van der Waals surface area contributed by atoms with Gasteiger partial charge in [0.15, 0.2) is 23.4 Å². The lowest BCUT2D eigenvalue weighted by atomic mass is 9.48. The van der Waals surface area contributed by atoms with Gasteiger partial charge in [-0.05, 0) is 12.8 Å². The Morgan fingerprint density at radius 1 is 1.33 bits per heavy atom. The van der Waals surface area contributed by atoms with Crippen molar-refractivity contribution in [2.75, 3.05) is 0 Å². The number of Topliss-reactive ketones (excluding diaryl/α,β-unsaturated/α-hetero) is 1. The molecule has 4 aliphatic rings. The number of ether oxygens (including phenoxy) is 3. The molecule has 146 valence electrons. The van der Waals surface area contributed by atoms with Gasteiger partial charge in [0.2, 0.25) is 0 Å². The molecule has 0 unspecified atom stereocenters. The largest absolute Gasteiger partial charge is 0.481 e. The highest BCUT2D eigenvalue weighted by Crippen LogP contribution is 2.60. The second-order valence-electron chi connectivity index (χ2n) is 8.32. The van der Waals surface area contributed by atoms with Gasteiger partial charge in [0.1, 0.15) is 17.3 Å². The normalized spacial score (nSPS) is 43.3. The topological polar surface area (TPSA) is 99.1 Å². The lowest BCUT2D eigenvalue weighted by Gasteiger charge is -2.59. The Kier molecular flexibility index (Phi) is 3.83. The van der Waals surface area contributed by atoms with Gasteiger partial charge in [-0.2, -0.15) is 0 Å². The van der Waals surface area contributed by atoms with Gasteiger partial charge in [-0.25, -0.2) is 4.79 Å². The van der Waals surface area contributed by atoms with Crippen LogP contribution in [0.3, 0.4) is 0 Å². The average molecular weight is 376 g/mol. The van der Waals surface area contributed by atoms with Crippen molar-refractivity contribution >= 4 is 17.7 Å².